The molecule has 0 radical (unpaired) electrons. The third kappa shape index (κ3) is 3.54. The molecule has 0 spiro atoms. The van der Waals surface area contributed by atoms with Crippen molar-refractivity contribution in [2.24, 2.45) is 0 Å². The SMILES string of the molecule is CCCC(C(=O)OCC)c1nc(C(C)C)n[nH]1. The number of carbonyl (C=O) groups excluding carboxylic acids is 1. The maximum absolute atomic E-state index is 11.8. The molecule has 1 N–H and O–H groups in total. The molecule has 1 atom stereocenters. The van der Waals surface area contributed by atoms with Gasteiger partial charge in [0.05, 0.1) is 6.61 Å². The van der Waals surface area contributed by atoms with Crippen LogP contribution in [-0.4, -0.2) is 27.8 Å². The van der Waals surface area contributed by atoms with E-state index in [9.17, 15) is 4.79 Å². The lowest BCUT2D eigenvalue weighted by Gasteiger charge is -2.11. The van der Waals surface area contributed by atoms with E-state index >= 15 is 0 Å². The van der Waals surface area contributed by atoms with E-state index in [1.165, 1.54) is 0 Å². The quantitative estimate of drug-likeness (QED) is 0.774. The van der Waals surface area contributed by atoms with Gasteiger partial charge in [-0.3, -0.25) is 9.89 Å². The van der Waals surface area contributed by atoms with Gasteiger partial charge < -0.3 is 4.74 Å². The molecule has 96 valence electrons. The molecule has 0 aliphatic heterocycles. The van der Waals surface area contributed by atoms with Crippen molar-refractivity contribution in [1.82, 2.24) is 15.2 Å². The summed E-state index contributed by atoms with van der Waals surface area (Å²) < 4.78 is 5.05. The maximum Gasteiger partial charge on any atom is 0.316 e. The van der Waals surface area contributed by atoms with Crippen molar-refractivity contribution in [1.29, 1.82) is 0 Å². The molecule has 0 aliphatic carbocycles. The van der Waals surface area contributed by atoms with Crippen LogP contribution in [0.25, 0.3) is 0 Å². The van der Waals surface area contributed by atoms with Gasteiger partial charge in [-0.15, -0.1) is 0 Å². The predicted molar refractivity (Wildman–Crippen MR) is 64.8 cm³/mol. The van der Waals surface area contributed by atoms with Crippen molar-refractivity contribution < 1.29 is 9.53 Å². The molecule has 1 aromatic heterocycles. The van der Waals surface area contributed by atoms with Gasteiger partial charge >= 0.3 is 5.97 Å². The zero-order valence-corrected chi connectivity index (χ0v) is 11.0. The summed E-state index contributed by atoms with van der Waals surface area (Å²) in [5, 5.41) is 6.97. The lowest BCUT2D eigenvalue weighted by atomic mass is 10.0. The Morgan fingerprint density at radius 3 is 2.59 bits per heavy atom. The topological polar surface area (TPSA) is 67.9 Å². The Bertz CT molecular complexity index is 360. The molecule has 0 saturated heterocycles. The highest BCUT2D eigenvalue weighted by molar-refractivity contribution is 5.76. The second-order valence-corrected chi connectivity index (χ2v) is 4.33. The van der Waals surface area contributed by atoms with Crippen LogP contribution in [0, 0.1) is 0 Å². The van der Waals surface area contributed by atoms with E-state index < -0.39 is 0 Å². The first kappa shape index (κ1) is 13.7. The van der Waals surface area contributed by atoms with Gasteiger partial charge in [0.25, 0.3) is 0 Å². The van der Waals surface area contributed by atoms with E-state index in [1.54, 1.807) is 6.92 Å². The van der Waals surface area contributed by atoms with Crippen LogP contribution in [0.2, 0.25) is 0 Å². The number of nitrogens with one attached hydrogen (secondary N) is 1. The van der Waals surface area contributed by atoms with E-state index in [2.05, 4.69) is 15.2 Å². The minimum Gasteiger partial charge on any atom is -0.465 e. The van der Waals surface area contributed by atoms with Gasteiger partial charge in [0.2, 0.25) is 0 Å². The van der Waals surface area contributed by atoms with Crippen LogP contribution in [-0.2, 0) is 9.53 Å². The lowest BCUT2D eigenvalue weighted by molar-refractivity contribution is -0.145. The summed E-state index contributed by atoms with van der Waals surface area (Å²) in [5.74, 6) is 1.07. The fourth-order valence-corrected chi connectivity index (χ4v) is 1.60. The Labute approximate surface area is 102 Å². The van der Waals surface area contributed by atoms with Crippen molar-refractivity contribution in [3.63, 3.8) is 0 Å². The summed E-state index contributed by atoms with van der Waals surface area (Å²) in [7, 11) is 0. The molecule has 0 aromatic carbocycles. The molecular formula is C12H21N3O2. The first-order chi connectivity index (χ1) is 8.10. The average Bonchev–Trinajstić information content (AvgIpc) is 2.75. The van der Waals surface area contributed by atoms with Gasteiger partial charge in [0.1, 0.15) is 11.7 Å². The summed E-state index contributed by atoms with van der Waals surface area (Å²) in [6, 6.07) is 0. The molecule has 5 heteroatoms. The lowest BCUT2D eigenvalue weighted by Crippen LogP contribution is -2.17. The number of aromatic amines is 1. The molecule has 0 bridgehead atoms. The molecule has 1 aromatic rings. The van der Waals surface area contributed by atoms with E-state index in [-0.39, 0.29) is 17.8 Å². The van der Waals surface area contributed by atoms with Crippen LogP contribution in [0.15, 0.2) is 0 Å². The zero-order valence-electron chi connectivity index (χ0n) is 11.0. The Kier molecular flexibility index (Phi) is 5.12. The van der Waals surface area contributed by atoms with E-state index in [4.69, 9.17) is 4.74 Å². The van der Waals surface area contributed by atoms with Crippen LogP contribution in [0.5, 0.6) is 0 Å². The third-order valence-corrected chi connectivity index (χ3v) is 2.51. The summed E-state index contributed by atoms with van der Waals surface area (Å²) >= 11 is 0. The molecule has 0 amide bonds. The Hall–Kier alpha value is -1.39. The van der Waals surface area contributed by atoms with Gasteiger partial charge in [0.15, 0.2) is 5.82 Å². The highest BCUT2D eigenvalue weighted by Crippen LogP contribution is 2.21. The molecule has 1 heterocycles. The van der Waals surface area contributed by atoms with Crippen molar-refractivity contribution in [3.8, 4) is 0 Å². The highest BCUT2D eigenvalue weighted by Gasteiger charge is 2.25. The molecule has 17 heavy (non-hydrogen) atoms. The number of hydrogen-bond donors (Lipinski definition) is 1. The molecular weight excluding hydrogens is 218 g/mol. The van der Waals surface area contributed by atoms with Crippen molar-refractivity contribution >= 4 is 5.97 Å². The van der Waals surface area contributed by atoms with Crippen molar-refractivity contribution in [2.75, 3.05) is 6.61 Å². The number of aromatic nitrogens is 3. The van der Waals surface area contributed by atoms with Crippen LogP contribution >= 0.6 is 0 Å². The number of nitrogens with zero attached hydrogens (tertiary/aromatic N) is 2. The van der Waals surface area contributed by atoms with E-state index in [0.29, 0.717) is 12.4 Å². The second kappa shape index (κ2) is 6.37. The second-order valence-electron chi connectivity index (χ2n) is 4.33. The minimum absolute atomic E-state index is 0.221. The van der Waals surface area contributed by atoms with Crippen LogP contribution in [0.4, 0.5) is 0 Å². The normalized spacial score (nSPS) is 12.8. The summed E-state index contributed by atoms with van der Waals surface area (Å²) in [4.78, 5) is 16.2. The fourth-order valence-electron chi connectivity index (χ4n) is 1.60. The zero-order chi connectivity index (χ0) is 12.8. The molecule has 5 nitrogen and oxygen atoms in total. The minimum atomic E-state index is -0.319. The highest BCUT2D eigenvalue weighted by atomic mass is 16.5. The smallest absolute Gasteiger partial charge is 0.316 e. The first-order valence-corrected chi connectivity index (χ1v) is 6.18. The summed E-state index contributed by atoms with van der Waals surface area (Å²) in [6.45, 7) is 8.27. The van der Waals surface area contributed by atoms with Gasteiger partial charge in [-0.2, -0.15) is 5.10 Å². The number of ether oxygens (including phenoxy) is 1. The van der Waals surface area contributed by atoms with Crippen LogP contribution < -0.4 is 0 Å². The van der Waals surface area contributed by atoms with Gasteiger partial charge in [-0.05, 0) is 13.3 Å². The monoisotopic (exact) mass is 239 g/mol. The number of carbonyl (C=O) groups is 1. The Morgan fingerprint density at radius 1 is 1.41 bits per heavy atom. The Balaban J connectivity index is 2.85. The fraction of sp³-hybridized carbons (Fsp3) is 0.750. The maximum atomic E-state index is 11.8. The van der Waals surface area contributed by atoms with Crippen molar-refractivity contribution in [3.05, 3.63) is 11.6 Å². The summed E-state index contributed by atoms with van der Waals surface area (Å²) in [6.07, 6.45) is 1.63. The van der Waals surface area contributed by atoms with E-state index in [1.807, 2.05) is 20.8 Å². The van der Waals surface area contributed by atoms with Crippen LogP contribution in [0.1, 0.15) is 64.0 Å². The summed E-state index contributed by atoms with van der Waals surface area (Å²) in [5.41, 5.74) is 0. The number of esters is 1. The van der Waals surface area contributed by atoms with Gasteiger partial charge in [-0.25, -0.2) is 4.98 Å². The number of H-pyrrole nitrogens is 1. The van der Waals surface area contributed by atoms with Crippen LogP contribution in [0.3, 0.4) is 0 Å². The standard InChI is InChI=1S/C12H21N3O2/c1-5-7-9(12(16)17-6-2)11-13-10(8(3)4)14-15-11/h8-9H,5-7H2,1-4H3,(H,13,14,15). The molecule has 0 fully saturated rings. The molecule has 0 aliphatic rings. The molecule has 1 unspecified atom stereocenters. The van der Waals surface area contributed by atoms with Gasteiger partial charge in [-0.1, -0.05) is 27.2 Å². The van der Waals surface area contributed by atoms with E-state index in [0.717, 1.165) is 18.7 Å². The molecule has 0 saturated carbocycles. The van der Waals surface area contributed by atoms with Gasteiger partial charge in [0, 0.05) is 5.92 Å². The molecule has 1 rings (SSSR count). The number of hydrogen-bond acceptors (Lipinski definition) is 4. The largest absolute Gasteiger partial charge is 0.465 e. The number of rotatable bonds is 6. The third-order valence-electron chi connectivity index (χ3n) is 2.51. The Morgan fingerprint density at radius 2 is 2.12 bits per heavy atom. The average molecular weight is 239 g/mol. The van der Waals surface area contributed by atoms with Crippen molar-refractivity contribution in [2.45, 2.75) is 52.4 Å². The predicted octanol–water partition coefficient (Wildman–Crippen LogP) is 2.37. The first-order valence-electron chi connectivity index (χ1n) is 6.18.